The number of aromatic nitrogens is 1. The number of benzene rings is 3. The van der Waals surface area contributed by atoms with Crippen molar-refractivity contribution in [3.63, 3.8) is 0 Å². The van der Waals surface area contributed by atoms with Crippen molar-refractivity contribution >= 4 is 42.2 Å². The lowest BCUT2D eigenvalue weighted by Gasteiger charge is -2.38. The summed E-state index contributed by atoms with van der Waals surface area (Å²) in [4.78, 5) is 8.13. The summed E-state index contributed by atoms with van der Waals surface area (Å²) in [5, 5.41) is 0.983. The zero-order valence-corrected chi connectivity index (χ0v) is 22.0. The van der Waals surface area contributed by atoms with Gasteiger partial charge in [-0.15, -0.1) is 0 Å². The summed E-state index contributed by atoms with van der Waals surface area (Å²) in [6.07, 6.45) is 3.06. The molecule has 0 N–H and O–H groups in total. The zero-order valence-electron chi connectivity index (χ0n) is 18.8. The molecule has 0 bridgehead atoms. The number of ether oxygens (including phenoxy) is 1. The van der Waals surface area contributed by atoms with Crippen LogP contribution < -0.4 is 9.64 Å². The Kier molecular flexibility index (Phi) is 6.65. The monoisotopic (exact) mass is 572 g/mol. The van der Waals surface area contributed by atoms with Crippen molar-refractivity contribution in [2.24, 2.45) is 5.92 Å². The van der Waals surface area contributed by atoms with Crippen LogP contribution in [0.4, 0.5) is 9.52 Å². The molecule has 2 heterocycles. The van der Waals surface area contributed by atoms with Gasteiger partial charge in [0.15, 0.2) is 26.5 Å². The highest BCUT2D eigenvalue weighted by atomic mass is 79.9. The molecule has 5 rings (SSSR count). The molecule has 1 saturated heterocycles. The quantitative estimate of drug-likeness (QED) is 0.260. The Morgan fingerprint density at radius 3 is 2.34 bits per heavy atom. The number of hydrogen-bond donors (Lipinski definition) is 0. The molecular formula is C26H22BrFN2O3S2. The molecule has 1 fully saturated rings. The number of nitrogens with zero attached hydrogens (tertiary/aromatic N) is 2. The summed E-state index contributed by atoms with van der Waals surface area (Å²) in [6.45, 7) is 2.07. The van der Waals surface area contributed by atoms with Gasteiger partial charge >= 0.3 is 0 Å². The van der Waals surface area contributed by atoms with Gasteiger partial charge in [0.2, 0.25) is 0 Å². The van der Waals surface area contributed by atoms with Crippen LogP contribution in [0.15, 0.2) is 82.3 Å². The molecule has 0 unspecified atom stereocenters. The maximum absolute atomic E-state index is 14.7. The predicted octanol–water partition coefficient (Wildman–Crippen LogP) is 6.30. The van der Waals surface area contributed by atoms with Gasteiger partial charge < -0.3 is 9.64 Å². The van der Waals surface area contributed by atoms with E-state index in [9.17, 15) is 12.8 Å². The molecule has 0 aliphatic carbocycles. The van der Waals surface area contributed by atoms with E-state index >= 15 is 0 Å². The molecule has 180 valence electrons. The van der Waals surface area contributed by atoms with Crippen molar-refractivity contribution in [2.45, 2.75) is 4.90 Å². The second kappa shape index (κ2) is 9.72. The summed E-state index contributed by atoms with van der Waals surface area (Å²) >= 11 is 5.12. The third kappa shape index (κ3) is 5.42. The van der Waals surface area contributed by atoms with E-state index in [1.54, 1.807) is 35.6 Å². The Morgan fingerprint density at radius 1 is 1.03 bits per heavy atom. The summed E-state index contributed by atoms with van der Waals surface area (Å²) in [5.74, 6) is 0.0781. The van der Waals surface area contributed by atoms with Gasteiger partial charge in [0.05, 0.1) is 16.4 Å². The first-order chi connectivity index (χ1) is 16.8. The van der Waals surface area contributed by atoms with Gasteiger partial charge in [-0.05, 0) is 53.1 Å². The minimum absolute atomic E-state index is 0.215. The first-order valence-corrected chi connectivity index (χ1v) is 14.5. The SMILES string of the molecule is CS(=O)(=O)c1ccc(-c2ccc(OCC3CN(c4ncc(-c5ccc(Br)cc5)s4)C3)c(F)c2)cc1. The molecule has 4 aromatic rings. The van der Waals surface area contributed by atoms with Crippen LogP contribution in [0.3, 0.4) is 0 Å². The molecule has 0 saturated carbocycles. The number of anilines is 1. The minimum Gasteiger partial charge on any atom is -0.490 e. The molecule has 0 amide bonds. The van der Waals surface area contributed by atoms with E-state index < -0.39 is 15.7 Å². The van der Waals surface area contributed by atoms with Crippen molar-refractivity contribution < 1.29 is 17.5 Å². The van der Waals surface area contributed by atoms with Crippen LogP contribution in [0.2, 0.25) is 0 Å². The maximum Gasteiger partial charge on any atom is 0.185 e. The lowest BCUT2D eigenvalue weighted by Crippen LogP contribution is -2.49. The van der Waals surface area contributed by atoms with Crippen molar-refractivity contribution in [2.75, 3.05) is 30.9 Å². The summed E-state index contributed by atoms with van der Waals surface area (Å²) in [6, 6.07) is 19.4. The average Bonchev–Trinajstić information content (AvgIpc) is 3.28. The highest BCUT2D eigenvalue weighted by molar-refractivity contribution is 9.10. The number of rotatable bonds is 7. The van der Waals surface area contributed by atoms with Crippen molar-refractivity contribution in [1.29, 1.82) is 0 Å². The molecule has 0 radical (unpaired) electrons. The molecule has 0 atom stereocenters. The third-order valence-electron chi connectivity index (χ3n) is 5.87. The number of hydrogen-bond acceptors (Lipinski definition) is 6. The first-order valence-electron chi connectivity index (χ1n) is 11.0. The standard InChI is InChI=1S/C26H22BrFN2O3S2/c1-35(31,32)22-9-4-18(5-10-22)20-6-11-24(23(28)12-20)33-16-17-14-30(15-17)26-29-13-25(34-26)19-2-7-21(27)8-3-19/h2-13,17H,14-16H2,1H3. The third-order valence-corrected chi connectivity index (χ3v) is 8.64. The fourth-order valence-electron chi connectivity index (χ4n) is 3.89. The zero-order chi connectivity index (χ0) is 24.6. The molecule has 5 nitrogen and oxygen atoms in total. The maximum atomic E-state index is 14.7. The second-order valence-electron chi connectivity index (χ2n) is 8.54. The molecule has 0 spiro atoms. The van der Waals surface area contributed by atoms with Crippen molar-refractivity contribution in [3.05, 3.63) is 83.2 Å². The van der Waals surface area contributed by atoms with Crippen LogP contribution in [0.1, 0.15) is 0 Å². The molecule has 9 heteroatoms. The summed E-state index contributed by atoms with van der Waals surface area (Å²) in [7, 11) is -3.27. The van der Waals surface area contributed by atoms with Gasteiger partial charge in [0.25, 0.3) is 0 Å². The van der Waals surface area contributed by atoms with Crippen LogP contribution >= 0.6 is 27.3 Å². The predicted molar refractivity (Wildman–Crippen MR) is 141 cm³/mol. The van der Waals surface area contributed by atoms with Gasteiger partial charge in [0, 0.05) is 35.9 Å². The normalized spacial score (nSPS) is 14.1. The highest BCUT2D eigenvalue weighted by Gasteiger charge is 2.29. The Bertz CT molecular complexity index is 1450. The fourth-order valence-corrected chi connectivity index (χ4v) is 5.72. The Morgan fingerprint density at radius 2 is 1.69 bits per heavy atom. The van der Waals surface area contributed by atoms with E-state index in [2.05, 4.69) is 37.9 Å². The molecular weight excluding hydrogens is 551 g/mol. The van der Waals surface area contributed by atoms with Crippen LogP contribution in [0.5, 0.6) is 5.75 Å². The van der Waals surface area contributed by atoms with E-state index in [4.69, 9.17) is 4.74 Å². The lowest BCUT2D eigenvalue weighted by atomic mass is 10.0. The fraction of sp³-hybridized carbons (Fsp3) is 0.192. The van der Waals surface area contributed by atoms with Gasteiger partial charge in [0.1, 0.15) is 0 Å². The Hall–Kier alpha value is -2.75. The van der Waals surface area contributed by atoms with E-state index in [0.29, 0.717) is 18.1 Å². The largest absolute Gasteiger partial charge is 0.490 e. The first kappa shape index (κ1) is 24.0. The van der Waals surface area contributed by atoms with Gasteiger partial charge in [-0.25, -0.2) is 17.8 Å². The topological polar surface area (TPSA) is 59.5 Å². The Balaban J connectivity index is 1.15. The Labute approximate surface area is 216 Å². The van der Waals surface area contributed by atoms with E-state index in [0.717, 1.165) is 45.0 Å². The molecule has 1 aliphatic rings. The second-order valence-corrected chi connectivity index (χ2v) is 12.5. The number of sulfone groups is 1. The van der Waals surface area contributed by atoms with Crippen molar-refractivity contribution in [1.82, 2.24) is 4.98 Å². The van der Waals surface area contributed by atoms with Crippen molar-refractivity contribution in [3.8, 4) is 27.3 Å². The van der Waals surface area contributed by atoms with Crippen LogP contribution in [0, 0.1) is 11.7 Å². The van der Waals surface area contributed by atoms with Gasteiger partial charge in [-0.3, -0.25) is 0 Å². The van der Waals surface area contributed by atoms with E-state index in [1.807, 2.05) is 18.3 Å². The molecule has 1 aliphatic heterocycles. The lowest BCUT2D eigenvalue weighted by molar-refractivity contribution is 0.213. The smallest absolute Gasteiger partial charge is 0.185 e. The molecule has 35 heavy (non-hydrogen) atoms. The van der Waals surface area contributed by atoms with Gasteiger partial charge in [-0.1, -0.05) is 57.6 Å². The van der Waals surface area contributed by atoms with Crippen LogP contribution in [0.25, 0.3) is 21.6 Å². The van der Waals surface area contributed by atoms with E-state index in [1.165, 1.54) is 18.2 Å². The highest BCUT2D eigenvalue weighted by Crippen LogP contribution is 2.35. The number of thiazole rings is 1. The van der Waals surface area contributed by atoms with Crippen LogP contribution in [-0.2, 0) is 9.84 Å². The van der Waals surface area contributed by atoms with Crippen LogP contribution in [-0.4, -0.2) is 39.4 Å². The molecule has 1 aromatic heterocycles. The molecule has 3 aromatic carbocycles. The summed E-state index contributed by atoms with van der Waals surface area (Å²) < 4.78 is 44.7. The minimum atomic E-state index is -3.27. The van der Waals surface area contributed by atoms with Gasteiger partial charge in [-0.2, -0.15) is 0 Å². The summed E-state index contributed by atoms with van der Waals surface area (Å²) in [5.41, 5.74) is 2.54. The van der Waals surface area contributed by atoms with E-state index in [-0.39, 0.29) is 10.6 Å². The average molecular weight is 574 g/mol. The number of halogens is 2.